The topological polar surface area (TPSA) is 21.3 Å². The quantitative estimate of drug-likeness (QED) is 0.911. The van der Waals surface area contributed by atoms with Crippen LogP contribution in [0.25, 0.3) is 0 Å². The summed E-state index contributed by atoms with van der Waals surface area (Å²) >= 11 is 0. The molecule has 2 bridgehead atoms. The number of piperidine rings is 1. The molecular formula is C16H24ClNO. The molecule has 2 unspecified atom stereocenters. The van der Waals surface area contributed by atoms with Crippen molar-refractivity contribution in [3.05, 3.63) is 29.8 Å². The second-order valence-corrected chi connectivity index (χ2v) is 5.83. The Morgan fingerprint density at radius 2 is 1.84 bits per heavy atom. The number of hydrogen-bond acceptors (Lipinski definition) is 2. The number of nitrogens with one attached hydrogen (secondary N) is 1. The van der Waals surface area contributed by atoms with Crippen LogP contribution in [0.4, 0.5) is 0 Å². The Morgan fingerprint density at radius 1 is 1.16 bits per heavy atom. The maximum atomic E-state index is 5.43. The second kappa shape index (κ2) is 6.62. The largest absolute Gasteiger partial charge is 0.496 e. The van der Waals surface area contributed by atoms with Gasteiger partial charge in [-0.2, -0.15) is 0 Å². The minimum atomic E-state index is 0. The van der Waals surface area contributed by atoms with Gasteiger partial charge in [-0.05, 0) is 56.1 Å². The minimum Gasteiger partial charge on any atom is -0.496 e. The third-order valence-corrected chi connectivity index (χ3v) is 4.59. The van der Waals surface area contributed by atoms with E-state index >= 15 is 0 Å². The summed E-state index contributed by atoms with van der Waals surface area (Å²) in [6.07, 6.45) is 8.03. The summed E-state index contributed by atoms with van der Waals surface area (Å²) in [5.74, 6) is 1.96. The zero-order valence-corrected chi connectivity index (χ0v) is 12.4. The first-order chi connectivity index (χ1) is 8.85. The second-order valence-electron chi connectivity index (χ2n) is 5.83. The lowest BCUT2D eigenvalue weighted by molar-refractivity contribution is 0.285. The van der Waals surface area contributed by atoms with Gasteiger partial charge >= 0.3 is 0 Å². The monoisotopic (exact) mass is 281 g/mol. The average Bonchev–Trinajstić information content (AvgIpc) is 2.76. The third kappa shape index (κ3) is 3.43. The molecule has 2 saturated heterocycles. The fraction of sp³-hybridized carbons (Fsp3) is 0.625. The highest BCUT2D eigenvalue weighted by Gasteiger charge is 2.32. The van der Waals surface area contributed by atoms with E-state index < -0.39 is 0 Å². The Morgan fingerprint density at radius 3 is 2.53 bits per heavy atom. The first-order valence-corrected chi connectivity index (χ1v) is 7.23. The highest BCUT2D eigenvalue weighted by Crippen LogP contribution is 2.34. The van der Waals surface area contributed by atoms with Crippen LogP contribution in [0.1, 0.15) is 37.7 Å². The molecule has 0 radical (unpaired) electrons. The van der Waals surface area contributed by atoms with E-state index in [0.717, 1.165) is 30.2 Å². The molecule has 1 aromatic carbocycles. The lowest BCUT2D eigenvalue weighted by Crippen LogP contribution is -2.38. The van der Waals surface area contributed by atoms with Crippen molar-refractivity contribution in [2.24, 2.45) is 5.92 Å². The van der Waals surface area contributed by atoms with Crippen LogP contribution in [0, 0.1) is 5.92 Å². The van der Waals surface area contributed by atoms with Crippen LogP contribution in [0.15, 0.2) is 24.3 Å². The Kier molecular flexibility index (Phi) is 5.12. The van der Waals surface area contributed by atoms with Crippen molar-refractivity contribution in [3.8, 4) is 5.75 Å². The molecule has 1 N–H and O–H groups in total. The number of aryl methyl sites for hydroxylation is 1. The predicted octanol–water partition coefficient (Wildman–Crippen LogP) is 3.58. The smallest absolute Gasteiger partial charge is 0.122 e. The summed E-state index contributed by atoms with van der Waals surface area (Å²) in [7, 11) is 1.77. The fourth-order valence-corrected chi connectivity index (χ4v) is 3.68. The number of ether oxygens (including phenoxy) is 1. The van der Waals surface area contributed by atoms with E-state index in [4.69, 9.17) is 4.74 Å². The summed E-state index contributed by atoms with van der Waals surface area (Å²) in [6.45, 7) is 0. The summed E-state index contributed by atoms with van der Waals surface area (Å²) in [5.41, 5.74) is 1.37. The van der Waals surface area contributed by atoms with Gasteiger partial charge in [0.25, 0.3) is 0 Å². The SMILES string of the molecule is COc1ccccc1CCC1CC2CCC(C1)N2.Cl. The van der Waals surface area contributed by atoms with Crippen molar-refractivity contribution < 1.29 is 4.74 Å². The number of hydrogen-bond donors (Lipinski definition) is 1. The number of benzene rings is 1. The molecule has 2 aliphatic heterocycles. The van der Waals surface area contributed by atoms with Gasteiger partial charge in [-0.15, -0.1) is 12.4 Å². The number of methoxy groups -OCH3 is 1. The van der Waals surface area contributed by atoms with Crippen molar-refractivity contribution >= 4 is 12.4 Å². The van der Waals surface area contributed by atoms with Crippen LogP contribution in [0.3, 0.4) is 0 Å². The van der Waals surface area contributed by atoms with Crippen LogP contribution < -0.4 is 10.1 Å². The molecule has 2 nitrogen and oxygen atoms in total. The van der Waals surface area contributed by atoms with E-state index in [0.29, 0.717) is 0 Å². The van der Waals surface area contributed by atoms with Gasteiger partial charge < -0.3 is 10.1 Å². The van der Waals surface area contributed by atoms with Crippen molar-refractivity contribution in [1.82, 2.24) is 5.32 Å². The molecule has 2 fully saturated rings. The van der Waals surface area contributed by atoms with Gasteiger partial charge in [0.1, 0.15) is 5.75 Å². The zero-order valence-electron chi connectivity index (χ0n) is 11.6. The maximum Gasteiger partial charge on any atom is 0.122 e. The lowest BCUT2D eigenvalue weighted by Gasteiger charge is -2.29. The van der Waals surface area contributed by atoms with E-state index in [1.165, 1.54) is 37.7 Å². The number of fused-ring (bicyclic) bond motifs is 2. The number of rotatable bonds is 4. The number of halogens is 1. The summed E-state index contributed by atoms with van der Waals surface area (Å²) < 4.78 is 5.43. The van der Waals surface area contributed by atoms with E-state index in [-0.39, 0.29) is 12.4 Å². The average molecular weight is 282 g/mol. The highest BCUT2D eigenvalue weighted by atomic mass is 35.5. The maximum absolute atomic E-state index is 5.43. The molecule has 0 aromatic heterocycles. The molecule has 0 spiro atoms. The molecule has 0 aliphatic carbocycles. The first kappa shape index (κ1) is 14.7. The fourth-order valence-electron chi connectivity index (χ4n) is 3.68. The number of para-hydroxylation sites is 1. The van der Waals surface area contributed by atoms with E-state index in [1.807, 2.05) is 6.07 Å². The molecule has 0 amide bonds. The van der Waals surface area contributed by atoms with Crippen LogP contribution in [0.5, 0.6) is 5.75 Å². The van der Waals surface area contributed by atoms with Gasteiger partial charge in [0.05, 0.1) is 7.11 Å². The molecular weight excluding hydrogens is 258 g/mol. The van der Waals surface area contributed by atoms with Gasteiger partial charge in [0, 0.05) is 12.1 Å². The van der Waals surface area contributed by atoms with Gasteiger partial charge in [-0.3, -0.25) is 0 Å². The zero-order chi connectivity index (χ0) is 12.4. The molecule has 2 aliphatic rings. The molecule has 106 valence electrons. The van der Waals surface area contributed by atoms with Crippen molar-refractivity contribution in [2.45, 2.75) is 50.6 Å². The lowest BCUT2D eigenvalue weighted by atomic mass is 9.87. The van der Waals surface area contributed by atoms with E-state index in [2.05, 4.69) is 23.5 Å². The van der Waals surface area contributed by atoms with Gasteiger partial charge in [-0.25, -0.2) is 0 Å². The predicted molar refractivity (Wildman–Crippen MR) is 81.2 cm³/mol. The Labute approximate surface area is 122 Å². The Balaban J connectivity index is 0.00000133. The summed E-state index contributed by atoms with van der Waals surface area (Å²) in [4.78, 5) is 0. The first-order valence-electron chi connectivity index (χ1n) is 7.23. The van der Waals surface area contributed by atoms with Crippen LogP contribution in [0.2, 0.25) is 0 Å². The summed E-state index contributed by atoms with van der Waals surface area (Å²) in [6, 6.07) is 10.1. The van der Waals surface area contributed by atoms with Crippen LogP contribution in [-0.4, -0.2) is 19.2 Å². The summed E-state index contributed by atoms with van der Waals surface area (Å²) in [5, 5.41) is 3.72. The van der Waals surface area contributed by atoms with Gasteiger partial charge in [-0.1, -0.05) is 18.2 Å². The molecule has 3 rings (SSSR count). The molecule has 2 heterocycles. The third-order valence-electron chi connectivity index (χ3n) is 4.59. The van der Waals surface area contributed by atoms with Crippen molar-refractivity contribution in [3.63, 3.8) is 0 Å². The standard InChI is InChI=1S/C16H23NO.ClH/c1-18-16-5-3-2-4-13(16)7-6-12-10-14-8-9-15(11-12)17-14;/h2-5,12,14-15,17H,6-11H2,1H3;1H. The van der Waals surface area contributed by atoms with Crippen molar-refractivity contribution in [1.29, 1.82) is 0 Å². The molecule has 19 heavy (non-hydrogen) atoms. The van der Waals surface area contributed by atoms with E-state index in [1.54, 1.807) is 7.11 Å². The Hall–Kier alpha value is -0.730. The van der Waals surface area contributed by atoms with Crippen LogP contribution in [-0.2, 0) is 6.42 Å². The molecule has 3 heteroatoms. The van der Waals surface area contributed by atoms with Gasteiger partial charge in [0.15, 0.2) is 0 Å². The van der Waals surface area contributed by atoms with Gasteiger partial charge in [0.2, 0.25) is 0 Å². The minimum absolute atomic E-state index is 0. The van der Waals surface area contributed by atoms with Crippen molar-refractivity contribution in [2.75, 3.05) is 7.11 Å². The highest BCUT2D eigenvalue weighted by molar-refractivity contribution is 5.85. The van der Waals surface area contributed by atoms with E-state index in [9.17, 15) is 0 Å². The Bertz CT molecular complexity index is 397. The molecule has 1 aromatic rings. The molecule has 0 saturated carbocycles. The normalized spacial score (nSPS) is 28.8. The van der Waals surface area contributed by atoms with Crippen LogP contribution >= 0.6 is 12.4 Å². The molecule has 2 atom stereocenters.